The molecule has 0 saturated carbocycles. The van der Waals surface area contributed by atoms with Crippen LogP contribution in [-0.2, 0) is 26.2 Å². The number of hydrogen-bond acceptors (Lipinski definition) is 7. The average molecular weight is 500 g/mol. The van der Waals surface area contributed by atoms with Gasteiger partial charge < -0.3 is 10.2 Å². The highest BCUT2D eigenvalue weighted by Crippen LogP contribution is 2.21. The first kappa shape index (κ1) is 24.0. The van der Waals surface area contributed by atoms with Crippen molar-refractivity contribution in [2.45, 2.75) is 24.3 Å². The third-order valence-electron chi connectivity index (χ3n) is 5.50. The van der Waals surface area contributed by atoms with Crippen LogP contribution in [0.15, 0.2) is 65.1 Å². The van der Waals surface area contributed by atoms with Gasteiger partial charge in [-0.15, -0.1) is 11.3 Å². The van der Waals surface area contributed by atoms with E-state index in [1.54, 1.807) is 47.6 Å². The van der Waals surface area contributed by atoms with Crippen molar-refractivity contribution < 1.29 is 18.0 Å². The van der Waals surface area contributed by atoms with Gasteiger partial charge in [0, 0.05) is 62.4 Å². The second-order valence-corrected chi connectivity index (χ2v) is 10.6. The Morgan fingerprint density at radius 3 is 2.38 bits per heavy atom. The molecule has 4 rings (SSSR count). The molecule has 1 aromatic carbocycles. The molecule has 1 saturated heterocycles. The number of benzene rings is 1. The summed E-state index contributed by atoms with van der Waals surface area (Å²) in [6.07, 6.45) is 3.56. The number of rotatable bonds is 8. The van der Waals surface area contributed by atoms with E-state index >= 15 is 0 Å². The van der Waals surface area contributed by atoms with Crippen molar-refractivity contribution >= 4 is 33.2 Å². The molecule has 11 heteroatoms. The zero-order chi connectivity index (χ0) is 24.0. The molecule has 1 N–H and O–H groups in total. The van der Waals surface area contributed by atoms with Crippen molar-refractivity contribution in [3.05, 3.63) is 65.2 Å². The van der Waals surface area contributed by atoms with Crippen LogP contribution in [0.25, 0.3) is 11.3 Å². The molecule has 3 aromatic rings. The Hall–Kier alpha value is -3.15. The molecule has 1 fully saturated rings. The van der Waals surface area contributed by atoms with Gasteiger partial charge in [-0.25, -0.2) is 13.4 Å². The lowest BCUT2D eigenvalue weighted by Crippen LogP contribution is -2.50. The summed E-state index contributed by atoms with van der Waals surface area (Å²) in [5, 5.41) is 5.51. The highest BCUT2D eigenvalue weighted by atomic mass is 32.2. The number of thiazole rings is 1. The van der Waals surface area contributed by atoms with E-state index in [0.29, 0.717) is 19.6 Å². The van der Waals surface area contributed by atoms with Crippen LogP contribution in [0.5, 0.6) is 0 Å². The molecule has 0 spiro atoms. The third-order valence-corrected chi connectivity index (χ3v) is 8.26. The van der Waals surface area contributed by atoms with Gasteiger partial charge >= 0.3 is 0 Å². The Morgan fingerprint density at radius 1 is 0.971 bits per heavy atom. The van der Waals surface area contributed by atoms with Crippen LogP contribution in [0.4, 0.5) is 0 Å². The Morgan fingerprint density at radius 2 is 1.68 bits per heavy atom. The first-order chi connectivity index (χ1) is 16.4. The number of amides is 2. The number of nitrogens with one attached hydrogen (secondary N) is 1. The summed E-state index contributed by atoms with van der Waals surface area (Å²) >= 11 is 1.46. The van der Waals surface area contributed by atoms with E-state index in [4.69, 9.17) is 0 Å². The van der Waals surface area contributed by atoms with Crippen LogP contribution in [0.3, 0.4) is 0 Å². The molecule has 0 unspecified atom stereocenters. The maximum atomic E-state index is 12.7. The topological polar surface area (TPSA) is 113 Å². The molecule has 0 bridgehead atoms. The summed E-state index contributed by atoms with van der Waals surface area (Å²) in [4.78, 5) is 35.1. The summed E-state index contributed by atoms with van der Waals surface area (Å²) in [5.74, 6) is -0.375. The summed E-state index contributed by atoms with van der Waals surface area (Å²) in [6.45, 7) is 1.39. The van der Waals surface area contributed by atoms with Gasteiger partial charge in [0.15, 0.2) is 0 Å². The second-order valence-electron chi connectivity index (χ2n) is 7.74. The predicted molar refractivity (Wildman–Crippen MR) is 128 cm³/mol. The Balaban J connectivity index is 1.19. The fourth-order valence-electron chi connectivity index (χ4n) is 3.61. The van der Waals surface area contributed by atoms with Crippen LogP contribution in [-0.4, -0.2) is 65.6 Å². The molecule has 1 aliphatic rings. The lowest BCUT2D eigenvalue weighted by atomic mass is 10.2. The Labute approximate surface area is 202 Å². The van der Waals surface area contributed by atoms with Crippen LogP contribution >= 0.6 is 11.3 Å². The van der Waals surface area contributed by atoms with Crippen molar-refractivity contribution in [2.75, 3.05) is 26.2 Å². The highest BCUT2D eigenvalue weighted by Gasteiger charge is 2.29. The molecule has 1 aliphatic heterocycles. The van der Waals surface area contributed by atoms with E-state index < -0.39 is 10.0 Å². The standard InChI is InChI=1S/C23H25N5O4S2/c29-21(25-16-22-26-20(17-33-22)18-8-10-24-11-9-18)6-7-23(30)27-12-14-28(15-13-27)34(31,32)19-4-2-1-3-5-19/h1-5,8-11,17H,6-7,12-16H2,(H,25,29). The molecular formula is C23H25N5O4S2. The summed E-state index contributed by atoms with van der Waals surface area (Å²) in [5.41, 5.74) is 1.80. The van der Waals surface area contributed by atoms with Gasteiger partial charge in [0.1, 0.15) is 5.01 Å². The molecule has 0 radical (unpaired) electrons. The monoisotopic (exact) mass is 499 g/mol. The van der Waals surface area contributed by atoms with Crippen molar-refractivity contribution in [2.24, 2.45) is 0 Å². The smallest absolute Gasteiger partial charge is 0.243 e. The summed E-state index contributed by atoms with van der Waals surface area (Å²) in [6, 6.07) is 12.0. The minimum absolute atomic E-state index is 0.0734. The molecule has 34 heavy (non-hydrogen) atoms. The van der Waals surface area contributed by atoms with Crippen LogP contribution in [0.2, 0.25) is 0 Å². The van der Waals surface area contributed by atoms with Crippen molar-refractivity contribution in [1.29, 1.82) is 0 Å². The van der Waals surface area contributed by atoms with E-state index in [2.05, 4.69) is 15.3 Å². The van der Waals surface area contributed by atoms with Gasteiger partial charge in [-0.3, -0.25) is 14.6 Å². The first-order valence-corrected chi connectivity index (χ1v) is 13.2. The molecular weight excluding hydrogens is 474 g/mol. The van der Waals surface area contributed by atoms with Crippen molar-refractivity contribution in [3.63, 3.8) is 0 Å². The molecule has 3 heterocycles. The second kappa shape index (κ2) is 10.9. The number of pyridine rings is 1. The molecule has 2 amide bonds. The third kappa shape index (κ3) is 5.85. The van der Waals surface area contributed by atoms with Gasteiger partial charge in [0.25, 0.3) is 0 Å². The molecule has 178 valence electrons. The van der Waals surface area contributed by atoms with Crippen LogP contribution in [0, 0.1) is 0 Å². The zero-order valence-electron chi connectivity index (χ0n) is 18.5. The van der Waals surface area contributed by atoms with Gasteiger partial charge in [-0.2, -0.15) is 4.31 Å². The number of aromatic nitrogens is 2. The van der Waals surface area contributed by atoms with Crippen molar-refractivity contribution in [1.82, 2.24) is 24.5 Å². The lowest BCUT2D eigenvalue weighted by molar-refractivity contribution is -0.134. The molecule has 2 aromatic heterocycles. The molecule has 0 atom stereocenters. The van der Waals surface area contributed by atoms with E-state index in [-0.39, 0.29) is 42.6 Å². The van der Waals surface area contributed by atoms with Gasteiger partial charge in [-0.1, -0.05) is 18.2 Å². The normalized spacial score (nSPS) is 14.6. The maximum Gasteiger partial charge on any atom is 0.243 e. The Kier molecular flexibility index (Phi) is 7.66. The van der Waals surface area contributed by atoms with Crippen LogP contribution < -0.4 is 5.32 Å². The van der Waals surface area contributed by atoms with Gasteiger partial charge in [-0.05, 0) is 24.3 Å². The Bertz CT molecular complexity index is 1220. The quantitative estimate of drug-likeness (QED) is 0.508. The first-order valence-electron chi connectivity index (χ1n) is 10.9. The number of hydrogen-bond donors (Lipinski definition) is 1. The lowest BCUT2D eigenvalue weighted by Gasteiger charge is -2.34. The zero-order valence-corrected chi connectivity index (χ0v) is 20.1. The van der Waals surface area contributed by atoms with Gasteiger partial charge in [0.05, 0.1) is 17.1 Å². The number of carbonyl (C=O) groups excluding carboxylic acids is 2. The highest BCUT2D eigenvalue weighted by molar-refractivity contribution is 7.89. The van der Waals surface area contributed by atoms with E-state index in [9.17, 15) is 18.0 Å². The summed E-state index contributed by atoms with van der Waals surface area (Å²) in [7, 11) is -3.56. The van der Waals surface area contributed by atoms with E-state index in [1.165, 1.54) is 15.6 Å². The van der Waals surface area contributed by atoms with E-state index in [1.807, 2.05) is 17.5 Å². The van der Waals surface area contributed by atoms with E-state index in [0.717, 1.165) is 16.3 Å². The predicted octanol–water partition coefficient (Wildman–Crippen LogP) is 2.13. The number of nitrogens with zero attached hydrogens (tertiary/aromatic N) is 4. The minimum atomic E-state index is -3.56. The number of carbonyl (C=O) groups is 2. The molecule has 9 nitrogen and oxygen atoms in total. The fraction of sp³-hybridized carbons (Fsp3) is 0.304. The average Bonchev–Trinajstić information content (AvgIpc) is 3.36. The SMILES string of the molecule is O=C(CCC(=O)N1CCN(S(=O)(=O)c2ccccc2)CC1)NCc1nc(-c2ccncc2)cs1. The molecule has 0 aliphatic carbocycles. The minimum Gasteiger partial charge on any atom is -0.350 e. The van der Waals surface area contributed by atoms with Crippen LogP contribution in [0.1, 0.15) is 17.8 Å². The largest absolute Gasteiger partial charge is 0.350 e. The maximum absolute atomic E-state index is 12.7. The number of piperazine rings is 1. The summed E-state index contributed by atoms with van der Waals surface area (Å²) < 4.78 is 26.8. The van der Waals surface area contributed by atoms with Gasteiger partial charge in [0.2, 0.25) is 21.8 Å². The fourth-order valence-corrected chi connectivity index (χ4v) is 5.79. The number of sulfonamides is 1. The van der Waals surface area contributed by atoms with Crippen molar-refractivity contribution in [3.8, 4) is 11.3 Å².